The van der Waals surface area contributed by atoms with Crippen molar-refractivity contribution in [3.63, 3.8) is 0 Å². The van der Waals surface area contributed by atoms with Gasteiger partial charge in [0, 0.05) is 6.42 Å². The first-order valence-corrected chi connectivity index (χ1v) is 7.29. The van der Waals surface area contributed by atoms with Crippen LogP contribution >= 0.6 is 15.9 Å². The van der Waals surface area contributed by atoms with E-state index in [1.807, 2.05) is 30.3 Å². The van der Waals surface area contributed by atoms with E-state index in [4.69, 9.17) is 9.47 Å². The molecule has 0 atom stereocenters. The Morgan fingerprint density at radius 1 is 1.14 bits per heavy atom. The summed E-state index contributed by atoms with van der Waals surface area (Å²) in [5, 5.41) is 0. The van der Waals surface area contributed by atoms with Crippen LogP contribution in [0.15, 0.2) is 41.4 Å². The molecule has 0 fully saturated rings. The number of allylic oxidation sites excluding steroid dienone is 1. The predicted molar refractivity (Wildman–Crippen MR) is 83.9 cm³/mol. The monoisotopic (exact) mass is 354 g/mol. The lowest BCUT2D eigenvalue weighted by Crippen LogP contribution is -2.41. The highest BCUT2D eigenvalue weighted by atomic mass is 79.9. The molecule has 0 saturated carbocycles. The molecule has 1 rings (SSSR count). The van der Waals surface area contributed by atoms with Gasteiger partial charge in [-0.05, 0) is 22.9 Å². The molecule has 4 nitrogen and oxygen atoms in total. The van der Waals surface area contributed by atoms with E-state index in [1.54, 1.807) is 0 Å². The molecule has 0 aromatic heterocycles. The van der Waals surface area contributed by atoms with E-state index in [0.29, 0.717) is 17.3 Å². The zero-order valence-electron chi connectivity index (χ0n) is 12.2. The van der Waals surface area contributed by atoms with E-state index in [1.165, 1.54) is 14.2 Å². The molecule has 0 unspecified atom stereocenters. The second-order valence-electron chi connectivity index (χ2n) is 4.74. The summed E-state index contributed by atoms with van der Waals surface area (Å²) >= 11 is 3.22. The Labute approximate surface area is 133 Å². The van der Waals surface area contributed by atoms with Crippen molar-refractivity contribution in [3.05, 3.63) is 47.0 Å². The Balaban J connectivity index is 3.06. The smallest absolute Gasteiger partial charge is 0.323 e. The first-order chi connectivity index (χ1) is 9.96. The Morgan fingerprint density at radius 3 is 2.10 bits per heavy atom. The molecule has 0 aliphatic rings. The highest BCUT2D eigenvalue weighted by Crippen LogP contribution is 2.36. The lowest BCUT2D eigenvalue weighted by atomic mass is 9.79. The number of carbonyl (C=O) groups is 2. The fourth-order valence-corrected chi connectivity index (χ4v) is 2.72. The van der Waals surface area contributed by atoms with Gasteiger partial charge in [-0.1, -0.05) is 52.8 Å². The summed E-state index contributed by atoms with van der Waals surface area (Å²) in [5.41, 5.74) is -0.338. The van der Waals surface area contributed by atoms with Crippen LogP contribution in [0.5, 0.6) is 0 Å². The van der Waals surface area contributed by atoms with Gasteiger partial charge >= 0.3 is 11.9 Å². The van der Waals surface area contributed by atoms with Crippen molar-refractivity contribution in [2.45, 2.75) is 19.3 Å². The second-order valence-corrected chi connectivity index (χ2v) is 5.87. The van der Waals surface area contributed by atoms with Crippen molar-refractivity contribution < 1.29 is 19.1 Å². The van der Waals surface area contributed by atoms with E-state index < -0.39 is 17.4 Å². The average Bonchev–Trinajstić information content (AvgIpc) is 2.50. The molecule has 0 bridgehead atoms. The van der Waals surface area contributed by atoms with Crippen molar-refractivity contribution in [3.8, 4) is 0 Å². The number of hydrogen-bond acceptors (Lipinski definition) is 4. The number of benzene rings is 1. The first kappa shape index (κ1) is 17.4. The minimum atomic E-state index is -1.38. The van der Waals surface area contributed by atoms with Gasteiger partial charge in [0.25, 0.3) is 0 Å². The lowest BCUT2D eigenvalue weighted by molar-refractivity contribution is -0.169. The second kappa shape index (κ2) is 7.98. The van der Waals surface area contributed by atoms with Crippen LogP contribution in [0.25, 0.3) is 0 Å². The van der Waals surface area contributed by atoms with Crippen LogP contribution in [0.4, 0.5) is 0 Å². The number of ether oxygens (including phenoxy) is 2. The Bertz CT molecular complexity index is 494. The predicted octanol–water partition coefficient (Wildman–Crippen LogP) is 3.25. The summed E-state index contributed by atoms with van der Waals surface area (Å²) in [5.74, 6) is -1.21. The van der Waals surface area contributed by atoms with Gasteiger partial charge in [0.1, 0.15) is 0 Å². The molecule has 5 heteroatoms. The quantitative estimate of drug-likeness (QED) is 0.557. The number of hydrogen-bond donors (Lipinski definition) is 0. The van der Waals surface area contributed by atoms with Crippen molar-refractivity contribution in [2.75, 3.05) is 14.2 Å². The molecular formula is C16H19BrO4. The van der Waals surface area contributed by atoms with Crippen molar-refractivity contribution in [1.29, 1.82) is 0 Å². The average molecular weight is 355 g/mol. The van der Waals surface area contributed by atoms with Gasteiger partial charge in [-0.25, -0.2) is 0 Å². The molecule has 114 valence electrons. The largest absolute Gasteiger partial charge is 0.468 e. The molecule has 1 aromatic rings. The van der Waals surface area contributed by atoms with Crippen molar-refractivity contribution in [2.24, 2.45) is 5.41 Å². The molecule has 0 N–H and O–H groups in total. The summed E-state index contributed by atoms with van der Waals surface area (Å²) in [6.07, 6.45) is 0.992. The van der Waals surface area contributed by atoms with Gasteiger partial charge in [0.15, 0.2) is 5.41 Å². The lowest BCUT2D eigenvalue weighted by Gasteiger charge is -2.28. The van der Waals surface area contributed by atoms with Crippen LogP contribution in [-0.2, 0) is 25.5 Å². The Hall–Kier alpha value is -1.62. The van der Waals surface area contributed by atoms with Gasteiger partial charge in [-0.3, -0.25) is 9.59 Å². The van der Waals surface area contributed by atoms with E-state index in [0.717, 1.165) is 5.56 Å². The molecule has 0 saturated heterocycles. The third-order valence-electron chi connectivity index (χ3n) is 3.33. The van der Waals surface area contributed by atoms with Gasteiger partial charge in [-0.2, -0.15) is 0 Å². The van der Waals surface area contributed by atoms with Crippen LogP contribution in [0.3, 0.4) is 0 Å². The normalized spacial score (nSPS) is 10.8. The van der Waals surface area contributed by atoms with Gasteiger partial charge in [0.2, 0.25) is 0 Å². The summed E-state index contributed by atoms with van der Waals surface area (Å²) < 4.78 is 10.2. The topological polar surface area (TPSA) is 52.6 Å². The maximum absolute atomic E-state index is 12.2. The molecule has 1 aromatic carbocycles. The minimum absolute atomic E-state index is 0.138. The van der Waals surface area contributed by atoms with E-state index in [9.17, 15) is 9.59 Å². The highest BCUT2D eigenvalue weighted by Gasteiger charge is 2.48. The van der Waals surface area contributed by atoms with Crippen LogP contribution < -0.4 is 0 Å². The van der Waals surface area contributed by atoms with Crippen LogP contribution in [0.1, 0.15) is 18.4 Å². The molecule has 21 heavy (non-hydrogen) atoms. The van der Waals surface area contributed by atoms with Gasteiger partial charge in [0.05, 0.1) is 14.2 Å². The maximum atomic E-state index is 12.2. The number of rotatable bonds is 7. The number of esters is 2. The third kappa shape index (κ3) is 4.43. The van der Waals surface area contributed by atoms with Crippen molar-refractivity contribution >= 4 is 27.9 Å². The van der Waals surface area contributed by atoms with Crippen LogP contribution in [0.2, 0.25) is 0 Å². The summed E-state index contributed by atoms with van der Waals surface area (Å²) in [4.78, 5) is 24.4. The Kier molecular flexibility index (Phi) is 6.62. The number of aryl methyl sites for hydroxylation is 1. The zero-order valence-corrected chi connectivity index (χ0v) is 13.8. The number of halogens is 1. The highest BCUT2D eigenvalue weighted by molar-refractivity contribution is 9.11. The van der Waals surface area contributed by atoms with Gasteiger partial charge in [-0.15, -0.1) is 0 Å². The van der Waals surface area contributed by atoms with Crippen molar-refractivity contribution in [1.82, 2.24) is 0 Å². The molecule has 0 aliphatic heterocycles. The van der Waals surface area contributed by atoms with E-state index >= 15 is 0 Å². The number of carbonyl (C=O) groups excluding carboxylic acids is 2. The summed E-state index contributed by atoms with van der Waals surface area (Å²) in [6.45, 7) is 3.73. The zero-order chi connectivity index (χ0) is 15.9. The standard InChI is InChI=1S/C16H19BrO4/c1-12(17)11-16(14(18)20-2,15(19)21-3)10-9-13-7-5-4-6-8-13/h4-8H,1,9-11H2,2-3H3. The molecule has 0 aliphatic carbocycles. The minimum Gasteiger partial charge on any atom is -0.468 e. The van der Waals surface area contributed by atoms with E-state index in [-0.39, 0.29) is 6.42 Å². The molecule has 0 heterocycles. The van der Waals surface area contributed by atoms with E-state index in [2.05, 4.69) is 22.5 Å². The Morgan fingerprint density at radius 2 is 1.67 bits per heavy atom. The third-order valence-corrected chi connectivity index (χ3v) is 3.61. The molecule has 0 amide bonds. The molecule has 0 spiro atoms. The molecular weight excluding hydrogens is 336 g/mol. The summed E-state index contributed by atoms with van der Waals surface area (Å²) in [7, 11) is 2.53. The summed E-state index contributed by atoms with van der Waals surface area (Å²) in [6, 6.07) is 9.63. The fraction of sp³-hybridized carbons (Fsp3) is 0.375. The van der Waals surface area contributed by atoms with Gasteiger partial charge < -0.3 is 9.47 Å². The SMILES string of the molecule is C=C(Br)CC(CCc1ccccc1)(C(=O)OC)C(=O)OC. The fourth-order valence-electron chi connectivity index (χ4n) is 2.24. The maximum Gasteiger partial charge on any atom is 0.323 e. The molecule has 0 radical (unpaired) electrons. The van der Waals surface area contributed by atoms with Crippen LogP contribution in [-0.4, -0.2) is 26.2 Å². The first-order valence-electron chi connectivity index (χ1n) is 6.50. The van der Waals surface area contributed by atoms with Crippen LogP contribution in [0, 0.1) is 5.41 Å². The number of methoxy groups -OCH3 is 2.